The highest BCUT2D eigenvalue weighted by Gasteiger charge is 2.38. The Morgan fingerprint density at radius 1 is 0.879 bits per heavy atom. The third kappa shape index (κ3) is 4.02. The van der Waals surface area contributed by atoms with Crippen molar-refractivity contribution in [2.75, 3.05) is 20.2 Å². The number of carbonyl (C=O) groups excluding carboxylic acids is 2. The molecule has 166 valence electrons. The third-order valence-electron chi connectivity index (χ3n) is 6.46. The summed E-state index contributed by atoms with van der Waals surface area (Å²) in [5.41, 5.74) is 3.64. The van der Waals surface area contributed by atoms with Gasteiger partial charge in [-0.05, 0) is 41.5 Å². The van der Waals surface area contributed by atoms with Gasteiger partial charge in [0, 0.05) is 31.5 Å². The molecule has 2 aliphatic heterocycles. The molecule has 1 saturated heterocycles. The minimum absolute atomic E-state index is 0.154. The molecule has 3 aromatic carbocycles. The third-order valence-corrected chi connectivity index (χ3v) is 6.46. The van der Waals surface area contributed by atoms with Crippen molar-refractivity contribution >= 4 is 18.0 Å². The Balaban J connectivity index is 1.30. The first-order valence-corrected chi connectivity index (χ1v) is 11.1. The van der Waals surface area contributed by atoms with Gasteiger partial charge in [0.05, 0.1) is 18.2 Å². The monoisotopic (exact) mass is 439 g/mol. The zero-order valence-electron chi connectivity index (χ0n) is 18.5. The average molecular weight is 440 g/mol. The van der Waals surface area contributed by atoms with Crippen molar-refractivity contribution in [1.82, 2.24) is 4.90 Å². The lowest BCUT2D eigenvalue weighted by atomic mass is 9.87. The molecule has 0 radical (unpaired) electrons. The molecule has 2 heterocycles. The summed E-state index contributed by atoms with van der Waals surface area (Å²) < 4.78 is 11.3. The molecule has 0 atom stereocenters. The summed E-state index contributed by atoms with van der Waals surface area (Å²) in [6.45, 7) is 1.10. The van der Waals surface area contributed by atoms with E-state index in [0.29, 0.717) is 37.1 Å². The van der Waals surface area contributed by atoms with Gasteiger partial charge in [-0.2, -0.15) is 0 Å². The number of benzene rings is 3. The van der Waals surface area contributed by atoms with E-state index in [1.54, 1.807) is 29.2 Å². The standard InChI is InChI=1S/C28H25NO4/c1-32-27(31)24-10-6-5-9-23(24)26(30)29-17-15-28(16-18-29)14-13-22-19-21(11-12-25(22)33-28)20-7-3-2-4-8-20/h2-14,19H,15-18H2,1H3. The van der Waals surface area contributed by atoms with Crippen LogP contribution in [-0.4, -0.2) is 42.6 Å². The number of ether oxygens (including phenoxy) is 2. The van der Waals surface area contributed by atoms with Gasteiger partial charge in [-0.3, -0.25) is 4.79 Å². The molecule has 2 aliphatic rings. The van der Waals surface area contributed by atoms with Gasteiger partial charge < -0.3 is 14.4 Å². The number of likely N-dealkylation sites (tertiary alicyclic amines) is 1. The summed E-state index contributed by atoms with van der Waals surface area (Å²) in [7, 11) is 1.32. The largest absolute Gasteiger partial charge is 0.482 e. The number of piperidine rings is 1. The minimum Gasteiger partial charge on any atom is -0.482 e. The van der Waals surface area contributed by atoms with Crippen LogP contribution in [0.3, 0.4) is 0 Å². The van der Waals surface area contributed by atoms with Crippen molar-refractivity contribution in [3.05, 3.63) is 95.6 Å². The van der Waals surface area contributed by atoms with E-state index in [9.17, 15) is 9.59 Å². The van der Waals surface area contributed by atoms with Gasteiger partial charge in [-0.15, -0.1) is 0 Å². The smallest absolute Gasteiger partial charge is 0.338 e. The fourth-order valence-electron chi connectivity index (χ4n) is 4.56. The first-order chi connectivity index (χ1) is 16.1. The lowest BCUT2D eigenvalue weighted by Gasteiger charge is -2.42. The van der Waals surface area contributed by atoms with Crippen LogP contribution in [0, 0.1) is 0 Å². The van der Waals surface area contributed by atoms with Crippen LogP contribution in [0.25, 0.3) is 17.2 Å². The maximum Gasteiger partial charge on any atom is 0.338 e. The fraction of sp³-hybridized carbons (Fsp3) is 0.214. The molecule has 0 unspecified atom stereocenters. The molecule has 0 saturated carbocycles. The van der Waals surface area contributed by atoms with Gasteiger partial charge in [0.15, 0.2) is 0 Å². The molecule has 0 aliphatic carbocycles. The number of hydrogen-bond donors (Lipinski definition) is 0. The van der Waals surface area contributed by atoms with E-state index in [2.05, 4.69) is 36.4 Å². The number of esters is 1. The summed E-state index contributed by atoms with van der Waals surface area (Å²) in [6.07, 6.45) is 5.65. The number of rotatable bonds is 3. The molecule has 0 N–H and O–H groups in total. The van der Waals surface area contributed by atoms with Crippen molar-refractivity contribution < 1.29 is 19.1 Å². The van der Waals surface area contributed by atoms with Gasteiger partial charge in [0.2, 0.25) is 0 Å². The first-order valence-electron chi connectivity index (χ1n) is 11.1. The Labute approximate surface area is 193 Å². The second kappa shape index (κ2) is 8.58. The second-order valence-electron chi connectivity index (χ2n) is 8.45. The van der Waals surface area contributed by atoms with E-state index in [4.69, 9.17) is 9.47 Å². The molecule has 5 nitrogen and oxygen atoms in total. The number of hydrogen-bond acceptors (Lipinski definition) is 4. The molecule has 33 heavy (non-hydrogen) atoms. The van der Waals surface area contributed by atoms with Crippen LogP contribution >= 0.6 is 0 Å². The van der Waals surface area contributed by atoms with Crippen LogP contribution in [-0.2, 0) is 4.74 Å². The Bertz CT molecular complexity index is 1220. The Kier molecular flexibility index (Phi) is 5.47. The highest BCUT2D eigenvalue weighted by molar-refractivity contribution is 6.05. The van der Waals surface area contributed by atoms with Gasteiger partial charge in [0.1, 0.15) is 11.4 Å². The number of methoxy groups -OCH3 is 1. The SMILES string of the molecule is COC(=O)c1ccccc1C(=O)N1CCC2(C=Cc3cc(-c4ccccc4)ccc3O2)CC1. The quantitative estimate of drug-likeness (QED) is 0.525. The van der Waals surface area contributed by atoms with Crippen LogP contribution in [0.1, 0.15) is 39.1 Å². The predicted octanol–water partition coefficient (Wildman–Crippen LogP) is 5.22. The normalized spacial score (nSPS) is 16.1. The van der Waals surface area contributed by atoms with Gasteiger partial charge in [-0.25, -0.2) is 4.79 Å². The molecule has 1 fully saturated rings. The lowest BCUT2D eigenvalue weighted by molar-refractivity contribution is 0.0325. The van der Waals surface area contributed by atoms with E-state index >= 15 is 0 Å². The van der Waals surface area contributed by atoms with E-state index in [-0.39, 0.29) is 5.91 Å². The average Bonchev–Trinajstić information content (AvgIpc) is 2.88. The van der Waals surface area contributed by atoms with Gasteiger partial charge >= 0.3 is 5.97 Å². The van der Waals surface area contributed by atoms with E-state index in [1.807, 2.05) is 24.3 Å². The highest BCUT2D eigenvalue weighted by atomic mass is 16.5. The number of nitrogens with zero attached hydrogens (tertiary/aromatic N) is 1. The lowest BCUT2D eigenvalue weighted by Crippen LogP contribution is -2.49. The molecule has 5 heteroatoms. The molecule has 3 aromatic rings. The minimum atomic E-state index is -0.502. The van der Waals surface area contributed by atoms with E-state index in [0.717, 1.165) is 16.9 Å². The molecule has 0 aromatic heterocycles. The summed E-state index contributed by atoms with van der Waals surface area (Å²) in [5.74, 6) is 0.212. The highest BCUT2D eigenvalue weighted by Crippen LogP contribution is 2.39. The zero-order valence-corrected chi connectivity index (χ0v) is 18.5. The Hall–Kier alpha value is -3.86. The van der Waals surface area contributed by atoms with E-state index in [1.165, 1.54) is 12.7 Å². The van der Waals surface area contributed by atoms with Gasteiger partial charge in [-0.1, -0.05) is 54.6 Å². The van der Waals surface area contributed by atoms with E-state index < -0.39 is 11.6 Å². The summed E-state index contributed by atoms with van der Waals surface area (Å²) in [4.78, 5) is 27.0. The number of carbonyl (C=O) groups is 2. The van der Waals surface area contributed by atoms with Crippen LogP contribution in [0.2, 0.25) is 0 Å². The predicted molar refractivity (Wildman–Crippen MR) is 127 cm³/mol. The van der Waals surface area contributed by atoms with Crippen molar-refractivity contribution in [2.45, 2.75) is 18.4 Å². The van der Waals surface area contributed by atoms with Crippen LogP contribution < -0.4 is 4.74 Å². The van der Waals surface area contributed by atoms with Crippen molar-refractivity contribution in [2.24, 2.45) is 0 Å². The summed E-state index contributed by atoms with van der Waals surface area (Å²) in [6, 6.07) is 23.3. The molecule has 1 amide bonds. The van der Waals surface area contributed by atoms with Crippen LogP contribution in [0.5, 0.6) is 5.75 Å². The summed E-state index contributed by atoms with van der Waals surface area (Å²) >= 11 is 0. The van der Waals surface area contributed by atoms with Gasteiger partial charge in [0.25, 0.3) is 5.91 Å². The maximum atomic E-state index is 13.1. The summed E-state index contributed by atoms with van der Waals surface area (Å²) in [5, 5.41) is 0. The van der Waals surface area contributed by atoms with Crippen LogP contribution in [0.15, 0.2) is 78.9 Å². The molecular weight excluding hydrogens is 414 g/mol. The van der Waals surface area contributed by atoms with Crippen molar-refractivity contribution in [3.8, 4) is 16.9 Å². The molecule has 5 rings (SSSR count). The Morgan fingerprint density at radius 3 is 2.30 bits per heavy atom. The molecular formula is C28H25NO4. The zero-order chi connectivity index (χ0) is 22.8. The maximum absolute atomic E-state index is 13.1. The fourth-order valence-corrected chi connectivity index (χ4v) is 4.56. The van der Waals surface area contributed by atoms with Crippen molar-refractivity contribution in [3.63, 3.8) is 0 Å². The molecule has 1 spiro atoms. The van der Waals surface area contributed by atoms with Crippen molar-refractivity contribution in [1.29, 1.82) is 0 Å². The second-order valence-corrected chi connectivity index (χ2v) is 8.45. The number of amides is 1. The first kappa shape index (κ1) is 21.0. The topological polar surface area (TPSA) is 55.8 Å². The number of fused-ring (bicyclic) bond motifs is 1. The Morgan fingerprint density at radius 2 is 1.58 bits per heavy atom. The van der Waals surface area contributed by atoms with Crippen LogP contribution in [0.4, 0.5) is 0 Å². The molecule has 0 bridgehead atoms.